The van der Waals surface area contributed by atoms with Crippen molar-refractivity contribution < 1.29 is 9.84 Å². The molecule has 13 heavy (non-hydrogen) atoms. The average Bonchev–Trinajstić information content (AvgIpc) is 2.18. The fraction of sp³-hybridized carbons (Fsp3) is 0.273. The molecule has 0 aliphatic carbocycles. The Morgan fingerprint density at radius 1 is 1.31 bits per heavy atom. The van der Waals surface area contributed by atoms with Crippen molar-refractivity contribution in [3.05, 3.63) is 42.0 Å². The molecule has 1 rings (SSSR count). The van der Waals surface area contributed by atoms with Gasteiger partial charge in [0.15, 0.2) is 0 Å². The maximum atomic E-state index is 9.56. The van der Waals surface area contributed by atoms with Crippen LogP contribution in [0.1, 0.15) is 18.6 Å². The second-order valence-electron chi connectivity index (χ2n) is 2.74. The topological polar surface area (TPSA) is 29.5 Å². The van der Waals surface area contributed by atoms with Gasteiger partial charge in [-0.15, -0.1) is 0 Å². The number of rotatable bonds is 3. The first-order chi connectivity index (χ1) is 6.27. The predicted octanol–water partition coefficient (Wildman–Crippen LogP) is 2.30. The molecule has 1 unspecified atom stereocenters. The third-order valence-corrected chi connectivity index (χ3v) is 1.83. The number of allylic oxidation sites excluding steroid dienone is 1. The maximum absolute atomic E-state index is 9.56. The summed E-state index contributed by atoms with van der Waals surface area (Å²) in [5.41, 5.74) is 0.874. The van der Waals surface area contributed by atoms with E-state index in [1.807, 2.05) is 37.3 Å². The molecule has 0 heterocycles. The zero-order chi connectivity index (χ0) is 9.68. The predicted molar refractivity (Wildman–Crippen MR) is 52.8 cm³/mol. The van der Waals surface area contributed by atoms with E-state index in [-0.39, 0.29) is 0 Å². The van der Waals surface area contributed by atoms with Crippen LogP contribution >= 0.6 is 0 Å². The van der Waals surface area contributed by atoms with Crippen LogP contribution in [-0.4, -0.2) is 12.2 Å². The van der Waals surface area contributed by atoms with Gasteiger partial charge in [-0.3, -0.25) is 0 Å². The zero-order valence-corrected chi connectivity index (χ0v) is 7.90. The lowest BCUT2D eigenvalue weighted by Crippen LogP contribution is -1.92. The molecule has 0 spiro atoms. The molecular weight excluding hydrogens is 164 g/mol. The molecule has 0 aliphatic rings. The van der Waals surface area contributed by atoms with Crippen LogP contribution in [0.5, 0.6) is 5.75 Å². The number of aliphatic hydroxyl groups is 1. The van der Waals surface area contributed by atoms with E-state index in [0.717, 1.165) is 11.3 Å². The van der Waals surface area contributed by atoms with E-state index in [1.165, 1.54) is 0 Å². The fourth-order valence-electron chi connectivity index (χ4n) is 1.09. The van der Waals surface area contributed by atoms with E-state index in [0.29, 0.717) is 0 Å². The minimum Gasteiger partial charge on any atom is -0.497 e. The maximum Gasteiger partial charge on any atom is 0.118 e. The highest BCUT2D eigenvalue weighted by Crippen LogP contribution is 2.18. The van der Waals surface area contributed by atoms with Crippen LogP contribution in [0, 0.1) is 0 Å². The SMILES string of the molecule is CC=CC(O)c1ccc(OC)cc1. The molecule has 0 radical (unpaired) electrons. The second-order valence-corrected chi connectivity index (χ2v) is 2.74. The number of methoxy groups -OCH3 is 1. The Morgan fingerprint density at radius 3 is 2.38 bits per heavy atom. The van der Waals surface area contributed by atoms with Crippen molar-refractivity contribution in [2.24, 2.45) is 0 Å². The Bertz CT molecular complexity index is 275. The van der Waals surface area contributed by atoms with Gasteiger partial charge in [0.05, 0.1) is 13.2 Å². The third-order valence-electron chi connectivity index (χ3n) is 1.83. The molecule has 0 fully saturated rings. The van der Waals surface area contributed by atoms with E-state index in [4.69, 9.17) is 4.74 Å². The summed E-state index contributed by atoms with van der Waals surface area (Å²) in [6, 6.07) is 7.37. The molecule has 1 aromatic carbocycles. The quantitative estimate of drug-likeness (QED) is 0.720. The van der Waals surface area contributed by atoms with Crippen molar-refractivity contribution in [1.29, 1.82) is 0 Å². The lowest BCUT2D eigenvalue weighted by atomic mass is 10.1. The van der Waals surface area contributed by atoms with Crippen LogP contribution in [0.4, 0.5) is 0 Å². The molecule has 2 nitrogen and oxygen atoms in total. The summed E-state index contributed by atoms with van der Waals surface area (Å²) in [5.74, 6) is 0.802. The van der Waals surface area contributed by atoms with Crippen LogP contribution in [0.3, 0.4) is 0 Å². The van der Waals surface area contributed by atoms with E-state index >= 15 is 0 Å². The van der Waals surface area contributed by atoms with Crippen molar-refractivity contribution in [1.82, 2.24) is 0 Å². The van der Waals surface area contributed by atoms with Crippen LogP contribution in [0.25, 0.3) is 0 Å². The van der Waals surface area contributed by atoms with Crippen LogP contribution in [0.15, 0.2) is 36.4 Å². The number of hydrogen-bond acceptors (Lipinski definition) is 2. The minimum atomic E-state index is -0.518. The van der Waals surface area contributed by atoms with Gasteiger partial charge in [-0.1, -0.05) is 24.3 Å². The Kier molecular flexibility index (Phi) is 3.53. The highest BCUT2D eigenvalue weighted by atomic mass is 16.5. The summed E-state index contributed by atoms with van der Waals surface area (Å²) in [6.07, 6.45) is 3.05. The van der Waals surface area contributed by atoms with E-state index < -0.39 is 6.10 Å². The smallest absolute Gasteiger partial charge is 0.118 e. The Balaban J connectivity index is 2.79. The van der Waals surface area contributed by atoms with Gasteiger partial charge in [0.25, 0.3) is 0 Å². The van der Waals surface area contributed by atoms with Gasteiger partial charge in [-0.2, -0.15) is 0 Å². The second kappa shape index (κ2) is 4.67. The standard InChI is InChI=1S/C11H14O2/c1-3-4-11(12)9-5-7-10(13-2)8-6-9/h3-8,11-12H,1-2H3. The van der Waals surface area contributed by atoms with Crippen molar-refractivity contribution in [3.63, 3.8) is 0 Å². The summed E-state index contributed by atoms with van der Waals surface area (Å²) in [6.45, 7) is 1.88. The molecule has 0 saturated heterocycles. The molecule has 0 saturated carbocycles. The summed E-state index contributed by atoms with van der Waals surface area (Å²) in [4.78, 5) is 0. The van der Waals surface area contributed by atoms with Crippen LogP contribution in [0.2, 0.25) is 0 Å². The molecule has 1 atom stereocenters. The number of benzene rings is 1. The number of aliphatic hydroxyl groups excluding tert-OH is 1. The lowest BCUT2D eigenvalue weighted by Gasteiger charge is -2.06. The first-order valence-corrected chi connectivity index (χ1v) is 4.22. The van der Waals surface area contributed by atoms with Crippen molar-refractivity contribution >= 4 is 0 Å². The van der Waals surface area contributed by atoms with E-state index in [9.17, 15) is 5.11 Å². The summed E-state index contributed by atoms with van der Waals surface area (Å²) < 4.78 is 5.01. The highest BCUT2D eigenvalue weighted by molar-refractivity contribution is 5.29. The molecule has 1 N–H and O–H groups in total. The summed E-state index contributed by atoms with van der Waals surface area (Å²) >= 11 is 0. The normalized spacial score (nSPS) is 13.2. The summed E-state index contributed by atoms with van der Waals surface area (Å²) in [7, 11) is 1.62. The largest absolute Gasteiger partial charge is 0.497 e. The van der Waals surface area contributed by atoms with Gasteiger partial charge in [0.2, 0.25) is 0 Å². The molecule has 2 heteroatoms. The average molecular weight is 178 g/mol. The van der Waals surface area contributed by atoms with Gasteiger partial charge in [-0.25, -0.2) is 0 Å². The van der Waals surface area contributed by atoms with Gasteiger partial charge < -0.3 is 9.84 Å². The van der Waals surface area contributed by atoms with Crippen molar-refractivity contribution in [3.8, 4) is 5.75 Å². The Morgan fingerprint density at radius 2 is 1.92 bits per heavy atom. The minimum absolute atomic E-state index is 0.518. The van der Waals surface area contributed by atoms with Crippen molar-refractivity contribution in [2.45, 2.75) is 13.0 Å². The van der Waals surface area contributed by atoms with Gasteiger partial charge in [0, 0.05) is 0 Å². The van der Waals surface area contributed by atoms with E-state index in [2.05, 4.69) is 0 Å². The monoisotopic (exact) mass is 178 g/mol. The van der Waals surface area contributed by atoms with Crippen LogP contribution < -0.4 is 4.74 Å². The molecular formula is C11H14O2. The third kappa shape index (κ3) is 2.60. The Labute approximate surface area is 78.5 Å². The molecule has 0 aliphatic heterocycles. The Hall–Kier alpha value is -1.28. The van der Waals surface area contributed by atoms with Crippen molar-refractivity contribution in [2.75, 3.05) is 7.11 Å². The molecule has 0 bridgehead atoms. The summed E-state index contributed by atoms with van der Waals surface area (Å²) in [5, 5.41) is 9.56. The lowest BCUT2D eigenvalue weighted by molar-refractivity contribution is 0.228. The molecule has 1 aromatic rings. The van der Waals surface area contributed by atoms with E-state index in [1.54, 1.807) is 13.2 Å². The zero-order valence-electron chi connectivity index (χ0n) is 7.90. The molecule has 70 valence electrons. The van der Waals surface area contributed by atoms with Crippen LogP contribution in [-0.2, 0) is 0 Å². The van der Waals surface area contributed by atoms with Gasteiger partial charge in [0.1, 0.15) is 5.75 Å². The van der Waals surface area contributed by atoms with Gasteiger partial charge in [-0.05, 0) is 24.6 Å². The van der Waals surface area contributed by atoms with Gasteiger partial charge >= 0.3 is 0 Å². The highest BCUT2D eigenvalue weighted by Gasteiger charge is 2.01. The first kappa shape index (κ1) is 9.81. The number of ether oxygens (including phenoxy) is 1. The first-order valence-electron chi connectivity index (χ1n) is 4.22. The fourth-order valence-corrected chi connectivity index (χ4v) is 1.09. The molecule has 0 amide bonds. The molecule has 0 aromatic heterocycles. The number of hydrogen-bond donors (Lipinski definition) is 1.